The Labute approximate surface area is 207 Å². The minimum absolute atomic E-state index is 0.0169. The molecule has 0 radical (unpaired) electrons. The first kappa shape index (κ1) is 23.7. The molecule has 0 aliphatic carbocycles. The van der Waals surface area contributed by atoms with Gasteiger partial charge in [0, 0.05) is 11.1 Å². The highest BCUT2D eigenvalue weighted by Gasteiger charge is 2.48. The van der Waals surface area contributed by atoms with Gasteiger partial charge in [-0.25, -0.2) is 8.42 Å². The van der Waals surface area contributed by atoms with E-state index >= 15 is 0 Å². The fourth-order valence-electron chi connectivity index (χ4n) is 4.90. The van der Waals surface area contributed by atoms with Crippen LogP contribution in [-0.4, -0.2) is 50.0 Å². The van der Waals surface area contributed by atoms with Gasteiger partial charge in [-0.15, -0.1) is 0 Å². The van der Waals surface area contributed by atoms with E-state index in [0.29, 0.717) is 35.3 Å². The number of rotatable bonds is 6. The van der Waals surface area contributed by atoms with E-state index in [4.69, 9.17) is 25.5 Å². The molecule has 10 heteroatoms. The number of nitrogens with zero attached hydrogens (tertiary/aromatic N) is 1. The zero-order chi connectivity index (χ0) is 24.9. The molecule has 1 aromatic heterocycles. The third-order valence-electron chi connectivity index (χ3n) is 6.35. The van der Waals surface area contributed by atoms with E-state index in [0.717, 1.165) is 0 Å². The molecule has 1 amide bonds. The zero-order valence-electron chi connectivity index (χ0n) is 19.2. The molecule has 8 nitrogen and oxygen atoms in total. The van der Waals surface area contributed by atoms with Crippen molar-refractivity contribution in [2.75, 3.05) is 24.7 Å². The SMILES string of the molecule is CCOc1ccc(C2c3c(oc4ccc(Cl)cc4c3=O)C(=O)N2C2CCS(=O)(=O)C2)cc1OCC. The van der Waals surface area contributed by atoms with Crippen LogP contribution in [0.25, 0.3) is 11.0 Å². The van der Waals surface area contributed by atoms with E-state index in [1.807, 2.05) is 13.8 Å². The summed E-state index contributed by atoms with van der Waals surface area (Å²) in [5.74, 6) is 0.239. The van der Waals surface area contributed by atoms with Crippen molar-refractivity contribution in [3.8, 4) is 11.5 Å². The van der Waals surface area contributed by atoms with Gasteiger partial charge < -0.3 is 18.8 Å². The number of fused-ring (bicyclic) bond motifs is 2. The van der Waals surface area contributed by atoms with Crippen LogP contribution in [0.1, 0.15) is 48.0 Å². The molecule has 0 spiro atoms. The van der Waals surface area contributed by atoms with Crippen molar-refractivity contribution >= 4 is 38.3 Å². The van der Waals surface area contributed by atoms with Gasteiger partial charge in [-0.3, -0.25) is 9.59 Å². The second kappa shape index (κ2) is 8.87. The summed E-state index contributed by atoms with van der Waals surface area (Å²) in [6, 6.07) is 8.44. The van der Waals surface area contributed by atoms with Crippen molar-refractivity contribution in [2.24, 2.45) is 0 Å². The number of ether oxygens (including phenoxy) is 2. The van der Waals surface area contributed by atoms with Crippen LogP contribution in [0.15, 0.2) is 45.6 Å². The highest BCUT2D eigenvalue weighted by molar-refractivity contribution is 7.91. The second-order valence-electron chi connectivity index (χ2n) is 8.56. The molecule has 2 atom stereocenters. The lowest BCUT2D eigenvalue weighted by atomic mass is 9.97. The van der Waals surface area contributed by atoms with Crippen molar-refractivity contribution in [2.45, 2.75) is 32.4 Å². The molecule has 2 aliphatic heterocycles. The van der Waals surface area contributed by atoms with E-state index in [1.165, 1.54) is 11.0 Å². The van der Waals surface area contributed by atoms with Crippen LogP contribution in [0.3, 0.4) is 0 Å². The standard InChI is InChI=1S/C25H24ClNO7S/c1-3-32-19-7-5-14(11-20(19)33-4-2)22-21-23(28)17-12-15(26)6-8-18(17)34-24(21)25(29)27(22)16-9-10-35(30,31)13-16/h5-8,11-12,16,22H,3-4,9-10,13H2,1-2H3. The summed E-state index contributed by atoms with van der Waals surface area (Å²) in [4.78, 5) is 28.8. The molecule has 5 rings (SSSR count). The molecule has 1 fully saturated rings. The van der Waals surface area contributed by atoms with Crippen molar-refractivity contribution < 1.29 is 27.1 Å². The Morgan fingerprint density at radius 3 is 2.49 bits per heavy atom. The lowest BCUT2D eigenvalue weighted by Crippen LogP contribution is -2.40. The molecule has 2 aromatic carbocycles. The summed E-state index contributed by atoms with van der Waals surface area (Å²) in [5, 5.41) is 0.620. The number of amides is 1. The van der Waals surface area contributed by atoms with E-state index in [1.54, 1.807) is 30.3 Å². The van der Waals surface area contributed by atoms with Crippen LogP contribution in [0.2, 0.25) is 5.02 Å². The number of carbonyl (C=O) groups excluding carboxylic acids is 1. The van der Waals surface area contributed by atoms with E-state index < -0.39 is 27.8 Å². The predicted octanol–water partition coefficient (Wildman–Crippen LogP) is 3.98. The molecule has 0 saturated carbocycles. The van der Waals surface area contributed by atoms with Crippen LogP contribution in [0, 0.1) is 0 Å². The maximum atomic E-state index is 13.7. The number of halogens is 1. The summed E-state index contributed by atoms with van der Waals surface area (Å²) in [6.07, 6.45) is 0.285. The Bertz CT molecular complexity index is 1500. The average molecular weight is 518 g/mol. The Kier molecular flexibility index (Phi) is 6.01. The molecular formula is C25H24ClNO7S. The molecule has 184 valence electrons. The van der Waals surface area contributed by atoms with Crippen LogP contribution >= 0.6 is 11.6 Å². The summed E-state index contributed by atoms with van der Waals surface area (Å²) in [6.45, 7) is 4.53. The lowest BCUT2D eigenvalue weighted by Gasteiger charge is -2.30. The fourth-order valence-corrected chi connectivity index (χ4v) is 6.78. The number of hydrogen-bond acceptors (Lipinski definition) is 7. The van der Waals surface area contributed by atoms with Crippen LogP contribution in [-0.2, 0) is 9.84 Å². The van der Waals surface area contributed by atoms with Crippen molar-refractivity contribution in [1.82, 2.24) is 4.90 Å². The van der Waals surface area contributed by atoms with E-state index in [9.17, 15) is 18.0 Å². The lowest BCUT2D eigenvalue weighted by molar-refractivity contribution is 0.0662. The van der Waals surface area contributed by atoms with Gasteiger partial charge in [-0.1, -0.05) is 17.7 Å². The molecule has 3 heterocycles. The third kappa shape index (κ3) is 4.06. The van der Waals surface area contributed by atoms with E-state index in [-0.39, 0.29) is 45.6 Å². The molecule has 3 aromatic rings. The molecular weight excluding hydrogens is 494 g/mol. The molecule has 0 bridgehead atoms. The molecule has 0 N–H and O–H groups in total. The van der Waals surface area contributed by atoms with Gasteiger partial charge in [0.05, 0.1) is 41.7 Å². The Hall–Kier alpha value is -3.04. The first-order chi connectivity index (χ1) is 16.7. The van der Waals surface area contributed by atoms with Gasteiger partial charge in [0.1, 0.15) is 5.58 Å². The van der Waals surface area contributed by atoms with Gasteiger partial charge in [-0.2, -0.15) is 0 Å². The normalized spacial score (nSPS) is 20.9. The Balaban J connectivity index is 1.74. The smallest absolute Gasteiger partial charge is 0.291 e. The predicted molar refractivity (Wildman–Crippen MR) is 131 cm³/mol. The average Bonchev–Trinajstić information content (AvgIpc) is 3.32. The molecule has 1 saturated heterocycles. The zero-order valence-corrected chi connectivity index (χ0v) is 20.8. The van der Waals surface area contributed by atoms with E-state index in [2.05, 4.69) is 0 Å². The minimum Gasteiger partial charge on any atom is -0.490 e. The maximum absolute atomic E-state index is 13.7. The minimum atomic E-state index is -3.30. The highest BCUT2D eigenvalue weighted by atomic mass is 35.5. The number of hydrogen-bond donors (Lipinski definition) is 0. The first-order valence-electron chi connectivity index (χ1n) is 11.4. The monoisotopic (exact) mass is 517 g/mol. The summed E-state index contributed by atoms with van der Waals surface area (Å²) < 4.78 is 42.0. The van der Waals surface area contributed by atoms with Crippen LogP contribution in [0.4, 0.5) is 0 Å². The number of sulfone groups is 1. The summed E-state index contributed by atoms with van der Waals surface area (Å²) in [5.41, 5.74) is 0.632. The second-order valence-corrected chi connectivity index (χ2v) is 11.2. The van der Waals surface area contributed by atoms with Gasteiger partial charge in [0.25, 0.3) is 5.91 Å². The van der Waals surface area contributed by atoms with Crippen molar-refractivity contribution in [3.05, 3.63) is 68.5 Å². The number of benzene rings is 2. The van der Waals surface area contributed by atoms with Gasteiger partial charge in [0.15, 0.2) is 26.8 Å². The first-order valence-corrected chi connectivity index (χ1v) is 13.6. The van der Waals surface area contributed by atoms with Crippen molar-refractivity contribution in [3.63, 3.8) is 0 Å². The fraction of sp³-hybridized carbons (Fsp3) is 0.360. The highest BCUT2D eigenvalue weighted by Crippen LogP contribution is 2.43. The van der Waals surface area contributed by atoms with Gasteiger partial charge in [0.2, 0.25) is 5.76 Å². The largest absolute Gasteiger partial charge is 0.490 e. The summed E-state index contributed by atoms with van der Waals surface area (Å²) >= 11 is 6.13. The quantitative estimate of drug-likeness (QED) is 0.487. The van der Waals surface area contributed by atoms with Crippen LogP contribution < -0.4 is 14.9 Å². The topological polar surface area (TPSA) is 103 Å². The van der Waals surface area contributed by atoms with Gasteiger partial charge in [-0.05, 0) is 56.2 Å². The third-order valence-corrected chi connectivity index (χ3v) is 8.34. The summed E-state index contributed by atoms with van der Waals surface area (Å²) in [7, 11) is -3.30. The maximum Gasteiger partial charge on any atom is 0.291 e. The number of carbonyl (C=O) groups is 1. The van der Waals surface area contributed by atoms with Gasteiger partial charge >= 0.3 is 0 Å². The Morgan fingerprint density at radius 1 is 1.06 bits per heavy atom. The van der Waals surface area contributed by atoms with Crippen LogP contribution in [0.5, 0.6) is 11.5 Å². The molecule has 2 aliphatic rings. The molecule has 35 heavy (non-hydrogen) atoms. The molecule has 2 unspecified atom stereocenters. The Morgan fingerprint density at radius 2 is 1.80 bits per heavy atom. The van der Waals surface area contributed by atoms with Crippen molar-refractivity contribution in [1.29, 1.82) is 0 Å².